The molecule has 1 unspecified atom stereocenters. The van der Waals surface area contributed by atoms with Gasteiger partial charge in [0.25, 0.3) is 0 Å². The maximum Gasteiger partial charge on any atom is 0.122 e. The lowest BCUT2D eigenvalue weighted by Crippen LogP contribution is -2.49. The molecule has 1 aromatic rings. The van der Waals surface area contributed by atoms with E-state index in [-0.39, 0.29) is 0 Å². The zero-order valence-electron chi connectivity index (χ0n) is 11.6. The van der Waals surface area contributed by atoms with E-state index in [1.807, 2.05) is 0 Å². The van der Waals surface area contributed by atoms with Gasteiger partial charge in [-0.25, -0.2) is 0 Å². The van der Waals surface area contributed by atoms with Crippen LogP contribution in [-0.4, -0.2) is 32.8 Å². The molecule has 0 spiro atoms. The largest absolute Gasteiger partial charge is 0.496 e. The second-order valence-corrected chi connectivity index (χ2v) is 5.29. The van der Waals surface area contributed by atoms with Gasteiger partial charge in [0.15, 0.2) is 0 Å². The number of piperazine rings is 1. The minimum Gasteiger partial charge on any atom is -0.496 e. The molecule has 3 nitrogen and oxygen atoms in total. The van der Waals surface area contributed by atoms with Gasteiger partial charge < -0.3 is 15.4 Å². The van der Waals surface area contributed by atoms with Gasteiger partial charge in [0.05, 0.1) is 7.11 Å². The molecule has 2 N–H and O–H groups in total. The van der Waals surface area contributed by atoms with E-state index in [9.17, 15) is 0 Å². The van der Waals surface area contributed by atoms with Crippen molar-refractivity contribution in [2.75, 3.05) is 26.7 Å². The van der Waals surface area contributed by atoms with E-state index in [0.717, 1.165) is 31.8 Å². The Labute approximate surface area is 110 Å². The summed E-state index contributed by atoms with van der Waals surface area (Å²) in [4.78, 5) is 0. The van der Waals surface area contributed by atoms with Crippen LogP contribution < -0.4 is 15.4 Å². The van der Waals surface area contributed by atoms with Crippen LogP contribution in [0.2, 0.25) is 0 Å². The van der Waals surface area contributed by atoms with Crippen LogP contribution in [-0.2, 0) is 6.42 Å². The SMILES string of the molecule is COc1cc(C(C)C)ccc1CC1CNCCN1. The molecule has 1 aromatic carbocycles. The molecular formula is C15H24N2O. The third-order valence-electron chi connectivity index (χ3n) is 3.57. The molecule has 3 heteroatoms. The van der Waals surface area contributed by atoms with Crippen molar-refractivity contribution in [2.24, 2.45) is 0 Å². The van der Waals surface area contributed by atoms with Crippen molar-refractivity contribution in [1.29, 1.82) is 0 Å². The molecular weight excluding hydrogens is 224 g/mol. The first-order chi connectivity index (χ1) is 8.70. The first-order valence-corrected chi connectivity index (χ1v) is 6.81. The average molecular weight is 248 g/mol. The molecule has 0 saturated carbocycles. The monoisotopic (exact) mass is 248 g/mol. The summed E-state index contributed by atoms with van der Waals surface area (Å²) in [7, 11) is 1.76. The third kappa shape index (κ3) is 3.24. The van der Waals surface area contributed by atoms with Gasteiger partial charge >= 0.3 is 0 Å². The zero-order valence-corrected chi connectivity index (χ0v) is 11.6. The fourth-order valence-electron chi connectivity index (χ4n) is 2.41. The number of hydrogen-bond acceptors (Lipinski definition) is 3. The topological polar surface area (TPSA) is 33.3 Å². The quantitative estimate of drug-likeness (QED) is 0.854. The van der Waals surface area contributed by atoms with Crippen LogP contribution in [0.15, 0.2) is 18.2 Å². The Morgan fingerprint density at radius 3 is 2.78 bits per heavy atom. The van der Waals surface area contributed by atoms with E-state index in [1.54, 1.807) is 7.11 Å². The molecule has 1 aliphatic heterocycles. The average Bonchev–Trinajstić information content (AvgIpc) is 2.40. The van der Waals surface area contributed by atoms with E-state index in [1.165, 1.54) is 11.1 Å². The fraction of sp³-hybridized carbons (Fsp3) is 0.600. The standard InChI is InChI=1S/C15H24N2O/c1-11(2)12-4-5-13(15(9-12)18-3)8-14-10-16-6-7-17-14/h4-5,9,11,14,16-17H,6-8,10H2,1-3H3. The molecule has 100 valence electrons. The lowest BCUT2D eigenvalue weighted by Gasteiger charge is -2.25. The number of rotatable bonds is 4. The van der Waals surface area contributed by atoms with E-state index in [0.29, 0.717) is 12.0 Å². The van der Waals surface area contributed by atoms with Crippen molar-refractivity contribution in [1.82, 2.24) is 10.6 Å². The maximum absolute atomic E-state index is 5.53. The Balaban J connectivity index is 2.11. The second kappa shape index (κ2) is 6.21. The summed E-state index contributed by atoms with van der Waals surface area (Å²) in [6.45, 7) is 7.58. The van der Waals surface area contributed by atoms with Crippen LogP contribution in [0.1, 0.15) is 30.9 Å². The van der Waals surface area contributed by atoms with Crippen molar-refractivity contribution in [3.8, 4) is 5.75 Å². The zero-order chi connectivity index (χ0) is 13.0. The Hall–Kier alpha value is -1.06. The summed E-state index contributed by atoms with van der Waals surface area (Å²) >= 11 is 0. The van der Waals surface area contributed by atoms with E-state index >= 15 is 0 Å². The summed E-state index contributed by atoms with van der Waals surface area (Å²) in [5.41, 5.74) is 2.63. The van der Waals surface area contributed by atoms with Gasteiger partial charge in [-0.2, -0.15) is 0 Å². The highest BCUT2D eigenvalue weighted by Crippen LogP contribution is 2.25. The minimum absolute atomic E-state index is 0.512. The summed E-state index contributed by atoms with van der Waals surface area (Å²) in [6.07, 6.45) is 1.02. The van der Waals surface area contributed by atoms with Crippen LogP contribution in [0.4, 0.5) is 0 Å². The predicted molar refractivity (Wildman–Crippen MR) is 75.4 cm³/mol. The molecule has 1 saturated heterocycles. The van der Waals surface area contributed by atoms with E-state index in [2.05, 4.69) is 42.7 Å². The Kier molecular flexibility index (Phi) is 4.61. The minimum atomic E-state index is 0.512. The number of benzene rings is 1. The van der Waals surface area contributed by atoms with Gasteiger partial charge in [-0.1, -0.05) is 26.0 Å². The van der Waals surface area contributed by atoms with Crippen LogP contribution in [0.5, 0.6) is 5.75 Å². The molecule has 18 heavy (non-hydrogen) atoms. The van der Waals surface area contributed by atoms with Crippen LogP contribution in [0.25, 0.3) is 0 Å². The molecule has 0 amide bonds. The van der Waals surface area contributed by atoms with Crippen molar-refractivity contribution in [2.45, 2.75) is 32.2 Å². The normalized spacial score (nSPS) is 20.1. The van der Waals surface area contributed by atoms with Gasteiger partial charge in [0.2, 0.25) is 0 Å². The predicted octanol–water partition coefficient (Wildman–Crippen LogP) is 1.92. The highest BCUT2D eigenvalue weighted by Gasteiger charge is 2.15. The number of hydrogen-bond donors (Lipinski definition) is 2. The van der Waals surface area contributed by atoms with Gasteiger partial charge in [0.1, 0.15) is 5.75 Å². The highest BCUT2D eigenvalue weighted by atomic mass is 16.5. The molecule has 1 aliphatic rings. The Morgan fingerprint density at radius 1 is 1.33 bits per heavy atom. The fourth-order valence-corrected chi connectivity index (χ4v) is 2.41. The molecule has 0 bridgehead atoms. The van der Waals surface area contributed by atoms with Gasteiger partial charge in [0, 0.05) is 25.7 Å². The second-order valence-electron chi connectivity index (χ2n) is 5.29. The van der Waals surface area contributed by atoms with Gasteiger partial charge in [-0.15, -0.1) is 0 Å². The van der Waals surface area contributed by atoms with E-state index < -0.39 is 0 Å². The van der Waals surface area contributed by atoms with Gasteiger partial charge in [-0.05, 0) is 29.5 Å². The summed E-state index contributed by atoms with van der Waals surface area (Å²) in [5, 5.41) is 6.96. The molecule has 1 fully saturated rings. The highest BCUT2D eigenvalue weighted by molar-refractivity contribution is 5.39. The molecule has 0 aromatic heterocycles. The lowest BCUT2D eigenvalue weighted by molar-refractivity contribution is 0.390. The maximum atomic E-state index is 5.53. The lowest BCUT2D eigenvalue weighted by atomic mass is 9.97. The van der Waals surface area contributed by atoms with Crippen molar-refractivity contribution in [3.63, 3.8) is 0 Å². The Morgan fingerprint density at radius 2 is 2.17 bits per heavy atom. The van der Waals surface area contributed by atoms with Crippen LogP contribution >= 0.6 is 0 Å². The molecule has 2 rings (SSSR count). The number of methoxy groups -OCH3 is 1. The number of ether oxygens (including phenoxy) is 1. The smallest absolute Gasteiger partial charge is 0.122 e. The molecule has 1 atom stereocenters. The first kappa shape index (κ1) is 13.4. The van der Waals surface area contributed by atoms with Gasteiger partial charge in [-0.3, -0.25) is 0 Å². The Bertz CT molecular complexity index is 384. The third-order valence-corrected chi connectivity index (χ3v) is 3.57. The molecule has 1 heterocycles. The van der Waals surface area contributed by atoms with Crippen molar-refractivity contribution >= 4 is 0 Å². The molecule has 0 aliphatic carbocycles. The first-order valence-electron chi connectivity index (χ1n) is 6.81. The summed E-state index contributed by atoms with van der Waals surface area (Å²) in [5.74, 6) is 1.57. The summed E-state index contributed by atoms with van der Waals surface area (Å²) < 4.78 is 5.53. The van der Waals surface area contributed by atoms with Crippen LogP contribution in [0.3, 0.4) is 0 Å². The number of nitrogens with one attached hydrogen (secondary N) is 2. The molecule has 0 radical (unpaired) electrons. The van der Waals surface area contributed by atoms with Crippen LogP contribution in [0, 0.1) is 0 Å². The van der Waals surface area contributed by atoms with E-state index in [4.69, 9.17) is 4.74 Å². The van der Waals surface area contributed by atoms with Crippen molar-refractivity contribution in [3.05, 3.63) is 29.3 Å². The van der Waals surface area contributed by atoms with Crippen molar-refractivity contribution < 1.29 is 4.74 Å². The summed E-state index contributed by atoms with van der Waals surface area (Å²) in [6, 6.07) is 7.12.